The Kier molecular flexibility index (Phi) is 4.54. The monoisotopic (exact) mass is 267 g/mol. The van der Waals surface area contributed by atoms with Crippen molar-refractivity contribution < 1.29 is 4.42 Å². The Balaban J connectivity index is 2.00. The van der Waals surface area contributed by atoms with Gasteiger partial charge in [0.2, 0.25) is 0 Å². The molecule has 0 unspecified atom stereocenters. The quantitative estimate of drug-likeness (QED) is 0.839. The normalized spacial score (nSPS) is 10.7. The minimum atomic E-state index is 0.624. The highest BCUT2D eigenvalue weighted by atomic mass is 35.5. The fraction of sp³-hybridized carbons (Fsp3) is 0.231. The van der Waals surface area contributed by atoms with Crippen LogP contribution in [0, 0.1) is 0 Å². The second kappa shape index (κ2) is 6.15. The summed E-state index contributed by atoms with van der Waals surface area (Å²) in [5, 5.41) is 0.792. The molecule has 0 aliphatic carbocycles. The zero-order chi connectivity index (χ0) is 12.1. The summed E-state index contributed by atoms with van der Waals surface area (Å²) in [4.78, 5) is 1.15. The third kappa shape index (κ3) is 3.53. The highest BCUT2D eigenvalue weighted by molar-refractivity contribution is 7.98. The molecule has 0 atom stereocenters. The molecule has 1 aromatic carbocycles. The van der Waals surface area contributed by atoms with Crippen LogP contribution in [0.1, 0.15) is 11.3 Å². The number of benzene rings is 1. The number of nitrogens with two attached hydrogens (primary N) is 1. The van der Waals surface area contributed by atoms with Crippen LogP contribution in [0.3, 0.4) is 0 Å². The van der Waals surface area contributed by atoms with Crippen LogP contribution in [-0.4, -0.2) is 6.54 Å². The van der Waals surface area contributed by atoms with Gasteiger partial charge in [-0.15, -0.1) is 11.8 Å². The van der Waals surface area contributed by atoms with Gasteiger partial charge < -0.3 is 10.2 Å². The summed E-state index contributed by atoms with van der Waals surface area (Å²) < 4.78 is 5.28. The van der Waals surface area contributed by atoms with Crippen LogP contribution in [0.2, 0.25) is 5.02 Å². The Morgan fingerprint density at radius 2 is 2.18 bits per heavy atom. The second-order valence-corrected chi connectivity index (χ2v) is 5.12. The summed E-state index contributed by atoms with van der Waals surface area (Å²) >= 11 is 7.89. The van der Waals surface area contributed by atoms with Gasteiger partial charge in [-0.1, -0.05) is 17.7 Å². The lowest BCUT2D eigenvalue weighted by molar-refractivity contribution is 0.530. The topological polar surface area (TPSA) is 39.2 Å². The summed E-state index contributed by atoms with van der Waals surface area (Å²) in [6, 6.07) is 9.97. The molecule has 17 heavy (non-hydrogen) atoms. The highest BCUT2D eigenvalue weighted by Gasteiger charge is 2.03. The molecule has 1 aromatic heterocycles. The maximum atomic E-state index is 6.18. The molecule has 4 heteroatoms. The Morgan fingerprint density at radius 3 is 2.82 bits per heavy atom. The molecule has 0 radical (unpaired) electrons. The average Bonchev–Trinajstić information content (AvgIpc) is 2.83. The summed E-state index contributed by atoms with van der Waals surface area (Å²) in [6.45, 7) is 0.624. The summed E-state index contributed by atoms with van der Waals surface area (Å²) in [7, 11) is 0. The maximum absolute atomic E-state index is 6.18. The Morgan fingerprint density at radius 1 is 1.29 bits per heavy atom. The van der Waals surface area contributed by atoms with Crippen LogP contribution in [0.4, 0.5) is 0 Å². The van der Waals surface area contributed by atoms with E-state index in [-0.39, 0.29) is 0 Å². The van der Waals surface area contributed by atoms with E-state index in [4.69, 9.17) is 21.8 Å². The van der Waals surface area contributed by atoms with Crippen molar-refractivity contribution in [3.63, 3.8) is 0 Å². The van der Waals surface area contributed by atoms with Crippen molar-refractivity contribution in [1.82, 2.24) is 0 Å². The number of thioether (sulfide) groups is 1. The summed E-state index contributed by atoms with van der Waals surface area (Å²) in [5.41, 5.74) is 6.62. The fourth-order valence-corrected chi connectivity index (χ4v) is 2.70. The van der Waals surface area contributed by atoms with Crippen LogP contribution >= 0.6 is 23.4 Å². The number of rotatable bonds is 5. The van der Waals surface area contributed by atoms with Crippen LogP contribution in [0.25, 0.3) is 0 Å². The molecular formula is C13H14ClNOS. The van der Waals surface area contributed by atoms with Crippen molar-refractivity contribution >= 4 is 23.4 Å². The highest BCUT2D eigenvalue weighted by Crippen LogP contribution is 2.27. The predicted molar refractivity (Wildman–Crippen MR) is 72.5 cm³/mol. The molecule has 2 N–H and O–H groups in total. The van der Waals surface area contributed by atoms with Crippen molar-refractivity contribution in [2.75, 3.05) is 6.54 Å². The van der Waals surface area contributed by atoms with E-state index in [1.54, 1.807) is 18.0 Å². The third-order valence-corrected chi connectivity index (χ3v) is 3.77. The number of furan rings is 1. The van der Waals surface area contributed by atoms with Gasteiger partial charge in [0.15, 0.2) is 0 Å². The van der Waals surface area contributed by atoms with Gasteiger partial charge in [-0.2, -0.15) is 0 Å². The first-order valence-electron chi connectivity index (χ1n) is 5.43. The third-order valence-electron chi connectivity index (χ3n) is 2.40. The molecule has 1 heterocycles. The van der Waals surface area contributed by atoms with Crippen LogP contribution in [0.5, 0.6) is 0 Å². The van der Waals surface area contributed by atoms with E-state index in [1.165, 1.54) is 0 Å². The molecule has 0 amide bonds. The van der Waals surface area contributed by atoms with Crippen molar-refractivity contribution in [2.45, 2.75) is 17.1 Å². The number of hydrogen-bond donors (Lipinski definition) is 1. The molecule has 0 spiro atoms. The van der Waals surface area contributed by atoms with Crippen LogP contribution in [-0.2, 0) is 12.2 Å². The SMILES string of the molecule is NCCc1ccc(SCc2ccco2)cc1Cl. The van der Waals surface area contributed by atoms with Crippen LogP contribution < -0.4 is 5.73 Å². The van der Waals surface area contributed by atoms with Crippen molar-refractivity contribution in [3.8, 4) is 0 Å². The molecule has 2 nitrogen and oxygen atoms in total. The Bertz CT molecular complexity index is 470. The van der Waals surface area contributed by atoms with E-state index in [0.717, 1.165) is 33.4 Å². The first-order chi connectivity index (χ1) is 8.29. The molecule has 0 saturated heterocycles. The molecule has 90 valence electrons. The smallest absolute Gasteiger partial charge is 0.113 e. The first kappa shape index (κ1) is 12.6. The molecule has 2 aromatic rings. The minimum absolute atomic E-state index is 0.624. The molecule has 0 aliphatic rings. The van der Waals surface area contributed by atoms with Gasteiger partial charge in [-0.25, -0.2) is 0 Å². The summed E-state index contributed by atoms with van der Waals surface area (Å²) in [6.07, 6.45) is 2.51. The molecule has 0 fully saturated rings. The van der Waals surface area contributed by atoms with Crippen molar-refractivity contribution in [1.29, 1.82) is 0 Å². The molecule has 0 saturated carbocycles. The predicted octanol–water partition coefficient (Wildman–Crippen LogP) is 3.73. The molecule has 0 aliphatic heterocycles. The van der Waals surface area contributed by atoms with E-state index in [1.807, 2.05) is 24.3 Å². The van der Waals surface area contributed by atoms with E-state index in [9.17, 15) is 0 Å². The van der Waals surface area contributed by atoms with Crippen molar-refractivity contribution in [3.05, 3.63) is 52.9 Å². The summed E-state index contributed by atoms with van der Waals surface area (Å²) in [5.74, 6) is 1.79. The van der Waals surface area contributed by atoms with Gasteiger partial charge in [0.05, 0.1) is 12.0 Å². The largest absolute Gasteiger partial charge is 0.468 e. The van der Waals surface area contributed by atoms with Crippen LogP contribution in [0.15, 0.2) is 45.9 Å². The number of halogens is 1. The lowest BCUT2D eigenvalue weighted by Gasteiger charge is -2.05. The number of hydrogen-bond acceptors (Lipinski definition) is 3. The van der Waals surface area contributed by atoms with Gasteiger partial charge in [-0.05, 0) is 42.8 Å². The first-order valence-corrected chi connectivity index (χ1v) is 6.79. The maximum Gasteiger partial charge on any atom is 0.113 e. The average molecular weight is 268 g/mol. The fourth-order valence-electron chi connectivity index (χ4n) is 1.53. The Hall–Kier alpha value is -0.900. The van der Waals surface area contributed by atoms with Gasteiger partial charge in [0.1, 0.15) is 5.76 Å². The lowest BCUT2D eigenvalue weighted by atomic mass is 10.1. The Labute approximate surface area is 110 Å². The molecule has 0 bridgehead atoms. The van der Waals surface area contributed by atoms with Gasteiger partial charge in [0.25, 0.3) is 0 Å². The second-order valence-electron chi connectivity index (χ2n) is 3.66. The lowest BCUT2D eigenvalue weighted by Crippen LogP contribution is -2.02. The van der Waals surface area contributed by atoms with E-state index in [0.29, 0.717) is 6.54 Å². The zero-order valence-electron chi connectivity index (χ0n) is 9.36. The standard InChI is InChI=1S/C13H14ClNOS/c14-13-8-12(4-3-10(13)5-6-15)17-9-11-2-1-7-16-11/h1-4,7-8H,5-6,9,15H2. The van der Waals surface area contributed by atoms with Gasteiger partial charge in [0, 0.05) is 9.92 Å². The van der Waals surface area contributed by atoms with E-state index in [2.05, 4.69) is 6.07 Å². The molecule has 2 rings (SSSR count). The molecular weight excluding hydrogens is 254 g/mol. The zero-order valence-corrected chi connectivity index (χ0v) is 10.9. The van der Waals surface area contributed by atoms with E-state index >= 15 is 0 Å². The van der Waals surface area contributed by atoms with Crippen molar-refractivity contribution in [2.24, 2.45) is 5.73 Å². The van der Waals surface area contributed by atoms with Gasteiger partial charge >= 0.3 is 0 Å². The van der Waals surface area contributed by atoms with Gasteiger partial charge in [-0.3, -0.25) is 0 Å². The minimum Gasteiger partial charge on any atom is -0.468 e. The van der Waals surface area contributed by atoms with E-state index < -0.39 is 0 Å².